The van der Waals surface area contributed by atoms with Crippen LogP contribution in [-0.2, 0) is 0 Å². The second-order valence-corrected chi connectivity index (χ2v) is 7.07. The molecule has 4 rings (SSSR count). The van der Waals surface area contributed by atoms with Gasteiger partial charge >= 0.3 is 6.03 Å². The Kier molecular flexibility index (Phi) is 4.33. The van der Waals surface area contributed by atoms with Crippen LogP contribution in [0.25, 0.3) is 21.7 Å². The van der Waals surface area contributed by atoms with Gasteiger partial charge in [-0.15, -0.1) is 0 Å². The highest BCUT2D eigenvalue weighted by Gasteiger charge is 2.12. The standard InChI is InChI=1S/C18H12BrN3O2S/c19-12-8-9-14-15(10-12)24-21-17(14)20-18(23)22-25-16-7-3-5-11-4-1-2-6-13(11)16/h1-10H,(H2,20,21,22,23). The van der Waals surface area contributed by atoms with Crippen molar-refractivity contribution < 1.29 is 9.32 Å². The quantitative estimate of drug-likeness (QED) is 0.430. The van der Waals surface area contributed by atoms with Gasteiger partial charge in [0.2, 0.25) is 0 Å². The first-order valence-corrected chi connectivity index (χ1v) is 9.08. The van der Waals surface area contributed by atoms with E-state index < -0.39 is 0 Å². The van der Waals surface area contributed by atoms with Crippen molar-refractivity contribution in [2.75, 3.05) is 5.32 Å². The molecule has 0 spiro atoms. The topological polar surface area (TPSA) is 67.2 Å². The molecule has 1 aromatic heterocycles. The number of benzene rings is 3. The Morgan fingerprint density at radius 2 is 1.88 bits per heavy atom. The summed E-state index contributed by atoms with van der Waals surface area (Å²) in [7, 11) is 0. The van der Waals surface area contributed by atoms with Crippen molar-refractivity contribution in [3.8, 4) is 0 Å². The minimum Gasteiger partial charge on any atom is -0.354 e. The Hall–Kier alpha value is -2.51. The Morgan fingerprint density at radius 1 is 1.04 bits per heavy atom. The lowest BCUT2D eigenvalue weighted by Crippen LogP contribution is -2.22. The summed E-state index contributed by atoms with van der Waals surface area (Å²) >= 11 is 4.63. The van der Waals surface area contributed by atoms with Gasteiger partial charge in [-0.1, -0.05) is 57.5 Å². The summed E-state index contributed by atoms with van der Waals surface area (Å²) in [6.45, 7) is 0. The summed E-state index contributed by atoms with van der Waals surface area (Å²) in [5.41, 5.74) is 0.603. The van der Waals surface area contributed by atoms with Gasteiger partial charge in [-0.2, -0.15) is 0 Å². The van der Waals surface area contributed by atoms with Crippen molar-refractivity contribution in [2.24, 2.45) is 0 Å². The van der Waals surface area contributed by atoms with E-state index in [1.807, 2.05) is 54.6 Å². The van der Waals surface area contributed by atoms with Crippen molar-refractivity contribution in [1.82, 2.24) is 9.88 Å². The van der Waals surface area contributed by atoms with Crippen LogP contribution in [-0.4, -0.2) is 11.2 Å². The normalized spacial score (nSPS) is 10.9. The molecule has 5 nitrogen and oxygen atoms in total. The summed E-state index contributed by atoms with van der Waals surface area (Å²) in [6, 6.07) is 19.2. The highest BCUT2D eigenvalue weighted by molar-refractivity contribution is 9.10. The number of rotatable bonds is 3. The van der Waals surface area contributed by atoms with Gasteiger partial charge < -0.3 is 4.52 Å². The number of carbonyl (C=O) groups is 1. The molecule has 124 valence electrons. The number of halogens is 1. The lowest BCUT2D eigenvalue weighted by atomic mass is 10.1. The summed E-state index contributed by atoms with van der Waals surface area (Å²) in [6.07, 6.45) is 0. The highest BCUT2D eigenvalue weighted by Crippen LogP contribution is 2.27. The van der Waals surface area contributed by atoms with Crippen LogP contribution in [0, 0.1) is 0 Å². The molecule has 0 radical (unpaired) electrons. The Bertz CT molecular complexity index is 1070. The number of fused-ring (bicyclic) bond motifs is 2. The number of anilines is 1. The summed E-state index contributed by atoms with van der Waals surface area (Å²) in [5, 5.41) is 9.58. The highest BCUT2D eigenvalue weighted by atomic mass is 79.9. The molecular formula is C18H12BrN3O2S. The lowest BCUT2D eigenvalue weighted by Gasteiger charge is -2.07. The van der Waals surface area contributed by atoms with Crippen LogP contribution in [0.4, 0.5) is 10.6 Å². The van der Waals surface area contributed by atoms with Crippen molar-refractivity contribution >= 4 is 61.5 Å². The minimum atomic E-state index is -0.365. The van der Waals surface area contributed by atoms with Crippen LogP contribution in [0.5, 0.6) is 0 Å². The van der Waals surface area contributed by atoms with Gasteiger partial charge in [-0.05, 0) is 47.0 Å². The molecule has 0 atom stereocenters. The van der Waals surface area contributed by atoms with E-state index in [9.17, 15) is 4.79 Å². The molecule has 0 aliphatic rings. The summed E-state index contributed by atoms with van der Waals surface area (Å²) in [4.78, 5) is 13.2. The van der Waals surface area contributed by atoms with Crippen molar-refractivity contribution in [3.63, 3.8) is 0 Å². The van der Waals surface area contributed by atoms with E-state index in [0.29, 0.717) is 11.4 Å². The van der Waals surface area contributed by atoms with Crippen LogP contribution >= 0.6 is 27.9 Å². The van der Waals surface area contributed by atoms with Gasteiger partial charge in [-0.25, -0.2) is 4.79 Å². The second-order valence-electron chi connectivity index (χ2n) is 5.31. The third-order valence-corrected chi connectivity index (χ3v) is 5.03. The summed E-state index contributed by atoms with van der Waals surface area (Å²) in [5.74, 6) is 0.388. The monoisotopic (exact) mass is 413 g/mol. The van der Waals surface area contributed by atoms with E-state index in [4.69, 9.17) is 4.52 Å². The van der Waals surface area contributed by atoms with Gasteiger partial charge in [0.25, 0.3) is 0 Å². The molecule has 0 bridgehead atoms. The van der Waals surface area contributed by atoms with Gasteiger partial charge in [-0.3, -0.25) is 10.0 Å². The molecule has 7 heteroatoms. The second kappa shape index (κ2) is 6.78. The molecule has 0 saturated heterocycles. The molecule has 0 saturated carbocycles. The smallest absolute Gasteiger partial charge is 0.330 e. The van der Waals surface area contributed by atoms with Crippen molar-refractivity contribution in [2.45, 2.75) is 4.90 Å². The number of nitrogens with zero attached hydrogens (tertiary/aromatic N) is 1. The minimum absolute atomic E-state index is 0.365. The Labute approximate surface area is 156 Å². The molecule has 0 unspecified atom stereocenters. The molecule has 1 heterocycles. The van der Waals surface area contributed by atoms with E-state index in [1.54, 1.807) is 6.07 Å². The third kappa shape index (κ3) is 3.33. The molecule has 25 heavy (non-hydrogen) atoms. The van der Waals surface area contributed by atoms with Crippen LogP contribution in [0.2, 0.25) is 0 Å². The zero-order valence-electron chi connectivity index (χ0n) is 12.8. The zero-order chi connectivity index (χ0) is 17.2. The number of carbonyl (C=O) groups excluding carboxylic acids is 1. The average molecular weight is 414 g/mol. The van der Waals surface area contributed by atoms with Gasteiger partial charge in [0.05, 0.1) is 5.39 Å². The SMILES string of the molecule is O=C(NSc1cccc2ccccc12)Nc1noc2cc(Br)ccc12. The van der Waals surface area contributed by atoms with Crippen LogP contribution in [0.1, 0.15) is 0 Å². The number of nitrogens with one attached hydrogen (secondary N) is 2. The van der Waals surface area contributed by atoms with E-state index >= 15 is 0 Å². The predicted octanol–water partition coefficient (Wildman–Crippen LogP) is 5.57. The predicted molar refractivity (Wildman–Crippen MR) is 104 cm³/mol. The maximum atomic E-state index is 12.2. The van der Waals surface area contributed by atoms with Crippen LogP contribution in [0.15, 0.2) is 74.6 Å². The average Bonchev–Trinajstić information content (AvgIpc) is 3.01. The fourth-order valence-corrected chi connectivity index (χ4v) is 3.56. The summed E-state index contributed by atoms with van der Waals surface area (Å²) < 4.78 is 8.89. The molecule has 2 amide bonds. The number of amides is 2. The third-order valence-electron chi connectivity index (χ3n) is 3.67. The number of hydrogen-bond donors (Lipinski definition) is 2. The molecule has 0 aliphatic heterocycles. The fraction of sp³-hybridized carbons (Fsp3) is 0. The van der Waals surface area contributed by atoms with E-state index in [2.05, 4.69) is 31.1 Å². The van der Waals surface area contributed by atoms with E-state index in [-0.39, 0.29) is 6.03 Å². The number of aromatic nitrogens is 1. The largest absolute Gasteiger partial charge is 0.354 e. The maximum Gasteiger partial charge on any atom is 0.330 e. The first kappa shape index (κ1) is 16.0. The molecular weight excluding hydrogens is 402 g/mol. The Morgan fingerprint density at radius 3 is 2.80 bits per heavy atom. The van der Waals surface area contributed by atoms with Gasteiger partial charge in [0, 0.05) is 9.37 Å². The van der Waals surface area contributed by atoms with Gasteiger partial charge in [0.15, 0.2) is 11.4 Å². The maximum absolute atomic E-state index is 12.2. The molecule has 0 aliphatic carbocycles. The number of hydrogen-bond acceptors (Lipinski definition) is 4. The van der Waals surface area contributed by atoms with Crippen molar-refractivity contribution in [1.29, 1.82) is 0 Å². The van der Waals surface area contributed by atoms with Crippen LogP contribution < -0.4 is 10.0 Å². The molecule has 4 aromatic rings. The van der Waals surface area contributed by atoms with Crippen LogP contribution in [0.3, 0.4) is 0 Å². The lowest BCUT2D eigenvalue weighted by molar-refractivity contribution is 0.257. The zero-order valence-corrected chi connectivity index (χ0v) is 15.2. The van der Waals surface area contributed by atoms with E-state index in [1.165, 1.54) is 11.9 Å². The molecule has 3 aromatic carbocycles. The molecule has 2 N–H and O–H groups in total. The first-order chi connectivity index (χ1) is 12.2. The van der Waals surface area contributed by atoms with Gasteiger partial charge in [0.1, 0.15) is 0 Å². The first-order valence-electron chi connectivity index (χ1n) is 7.47. The van der Waals surface area contributed by atoms with E-state index in [0.717, 1.165) is 25.5 Å². The van der Waals surface area contributed by atoms with Crippen molar-refractivity contribution in [3.05, 3.63) is 65.1 Å². The Balaban J connectivity index is 1.48. The number of urea groups is 1. The fourth-order valence-electron chi connectivity index (χ4n) is 2.52. The molecule has 0 fully saturated rings.